The molecule has 0 saturated heterocycles. The van der Waals surface area contributed by atoms with Gasteiger partial charge in [-0.3, -0.25) is 4.79 Å². The van der Waals surface area contributed by atoms with E-state index in [1.807, 2.05) is 35.8 Å². The van der Waals surface area contributed by atoms with Crippen molar-refractivity contribution in [2.24, 2.45) is 0 Å². The van der Waals surface area contributed by atoms with E-state index in [2.05, 4.69) is 5.32 Å². The van der Waals surface area contributed by atoms with Crippen molar-refractivity contribution < 1.29 is 18.7 Å². The fourth-order valence-electron chi connectivity index (χ4n) is 3.71. The second-order valence-electron chi connectivity index (χ2n) is 7.40. The molecule has 1 heterocycles. The predicted octanol–water partition coefficient (Wildman–Crippen LogP) is 4.73. The molecule has 1 N–H and O–H groups in total. The van der Waals surface area contributed by atoms with Gasteiger partial charge in [-0.1, -0.05) is 30.3 Å². The first-order valence-electron chi connectivity index (χ1n) is 10.2. The molecule has 1 amide bonds. The number of imidazole rings is 1. The number of carbonyl (C=O) groups is 1. The SMILES string of the molecule is COc1ccc(C(=O)NC(C)c2nc3ccccc3n2Cc2ccccc2F)cc1OC. The first-order chi connectivity index (χ1) is 15.5. The van der Waals surface area contributed by atoms with E-state index in [-0.39, 0.29) is 11.7 Å². The number of aromatic nitrogens is 2. The van der Waals surface area contributed by atoms with Crippen LogP contribution in [0.5, 0.6) is 11.5 Å². The summed E-state index contributed by atoms with van der Waals surface area (Å²) in [7, 11) is 3.06. The van der Waals surface area contributed by atoms with E-state index in [4.69, 9.17) is 14.5 Å². The molecule has 4 rings (SSSR count). The number of carbonyl (C=O) groups excluding carboxylic acids is 1. The highest BCUT2D eigenvalue weighted by Crippen LogP contribution is 2.28. The van der Waals surface area contributed by atoms with Crippen LogP contribution in [0.15, 0.2) is 66.7 Å². The molecule has 0 fully saturated rings. The van der Waals surface area contributed by atoms with Crippen molar-refractivity contribution in [1.82, 2.24) is 14.9 Å². The first kappa shape index (κ1) is 21.4. The lowest BCUT2D eigenvalue weighted by atomic mass is 10.1. The summed E-state index contributed by atoms with van der Waals surface area (Å²) in [6, 6.07) is 18.9. The molecular formula is C25H24FN3O3. The van der Waals surface area contributed by atoms with Gasteiger partial charge in [0.2, 0.25) is 0 Å². The van der Waals surface area contributed by atoms with Crippen LogP contribution in [0.4, 0.5) is 4.39 Å². The van der Waals surface area contributed by atoms with Gasteiger partial charge in [-0.25, -0.2) is 9.37 Å². The van der Waals surface area contributed by atoms with Gasteiger partial charge in [0, 0.05) is 11.1 Å². The van der Waals surface area contributed by atoms with E-state index < -0.39 is 6.04 Å². The zero-order valence-electron chi connectivity index (χ0n) is 18.1. The molecular weight excluding hydrogens is 409 g/mol. The van der Waals surface area contributed by atoms with E-state index >= 15 is 0 Å². The fourth-order valence-corrected chi connectivity index (χ4v) is 3.71. The monoisotopic (exact) mass is 433 g/mol. The standard InChI is InChI=1S/C25H24FN3O3/c1-16(27-25(30)17-12-13-22(31-2)23(14-17)32-3)24-28-20-10-6-7-11-21(20)29(24)15-18-8-4-5-9-19(18)26/h4-14,16H,15H2,1-3H3,(H,27,30). The maximum absolute atomic E-state index is 14.4. The number of hydrogen-bond acceptors (Lipinski definition) is 4. The minimum Gasteiger partial charge on any atom is -0.493 e. The van der Waals surface area contributed by atoms with Crippen molar-refractivity contribution in [3.63, 3.8) is 0 Å². The van der Waals surface area contributed by atoms with Crippen molar-refractivity contribution in [1.29, 1.82) is 0 Å². The van der Waals surface area contributed by atoms with E-state index in [9.17, 15) is 9.18 Å². The third-order valence-electron chi connectivity index (χ3n) is 5.35. The average Bonchev–Trinajstić information content (AvgIpc) is 3.18. The number of hydrogen-bond donors (Lipinski definition) is 1. The molecule has 7 heteroatoms. The number of benzene rings is 3. The number of nitrogens with one attached hydrogen (secondary N) is 1. The Kier molecular flexibility index (Phi) is 6.07. The summed E-state index contributed by atoms with van der Waals surface area (Å²) in [6.07, 6.45) is 0. The summed E-state index contributed by atoms with van der Waals surface area (Å²) in [5.74, 6) is 1.10. The Labute approximate surface area is 185 Å². The minimum absolute atomic E-state index is 0.275. The summed E-state index contributed by atoms with van der Waals surface area (Å²) < 4.78 is 26.8. The average molecular weight is 433 g/mol. The maximum Gasteiger partial charge on any atom is 0.251 e. The molecule has 32 heavy (non-hydrogen) atoms. The zero-order chi connectivity index (χ0) is 22.7. The van der Waals surface area contributed by atoms with Crippen LogP contribution >= 0.6 is 0 Å². The Bertz CT molecular complexity index is 1270. The van der Waals surface area contributed by atoms with Gasteiger partial charge in [0.25, 0.3) is 5.91 Å². The Morgan fingerprint density at radius 2 is 1.75 bits per heavy atom. The third-order valence-corrected chi connectivity index (χ3v) is 5.35. The highest BCUT2D eigenvalue weighted by molar-refractivity contribution is 5.95. The first-order valence-corrected chi connectivity index (χ1v) is 10.2. The molecule has 6 nitrogen and oxygen atoms in total. The number of nitrogens with zero attached hydrogens (tertiary/aromatic N) is 2. The minimum atomic E-state index is -0.422. The topological polar surface area (TPSA) is 65.4 Å². The molecule has 0 spiro atoms. The highest BCUT2D eigenvalue weighted by atomic mass is 19.1. The van der Waals surface area contributed by atoms with E-state index in [0.29, 0.717) is 35.0 Å². The molecule has 0 aliphatic heterocycles. The summed E-state index contributed by atoms with van der Waals surface area (Å²) in [6.45, 7) is 2.16. The van der Waals surface area contributed by atoms with Gasteiger partial charge in [-0.15, -0.1) is 0 Å². The molecule has 1 unspecified atom stereocenters. The number of methoxy groups -OCH3 is 2. The lowest BCUT2D eigenvalue weighted by molar-refractivity contribution is 0.0937. The maximum atomic E-state index is 14.4. The van der Waals surface area contributed by atoms with Gasteiger partial charge in [0.05, 0.1) is 37.8 Å². The van der Waals surface area contributed by atoms with E-state index in [1.165, 1.54) is 13.2 Å². The van der Waals surface area contributed by atoms with Crippen LogP contribution in [-0.4, -0.2) is 29.7 Å². The molecule has 164 valence electrons. The molecule has 0 aliphatic carbocycles. The smallest absolute Gasteiger partial charge is 0.251 e. The van der Waals surface area contributed by atoms with Gasteiger partial charge in [-0.2, -0.15) is 0 Å². The van der Waals surface area contributed by atoms with Crippen molar-refractivity contribution in [2.45, 2.75) is 19.5 Å². The fraction of sp³-hybridized carbons (Fsp3) is 0.200. The zero-order valence-corrected chi connectivity index (χ0v) is 18.1. The number of fused-ring (bicyclic) bond motifs is 1. The lowest BCUT2D eigenvalue weighted by Gasteiger charge is -2.17. The van der Waals surface area contributed by atoms with Gasteiger partial charge in [0.1, 0.15) is 11.6 Å². The van der Waals surface area contributed by atoms with Crippen molar-refractivity contribution >= 4 is 16.9 Å². The van der Waals surface area contributed by atoms with Crippen LogP contribution in [0.2, 0.25) is 0 Å². The molecule has 4 aromatic rings. The highest BCUT2D eigenvalue weighted by Gasteiger charge is 2.20. The third kappa shape index (κ3) is 4.14. The Morgan fingerprint density at radius 3 is 2.50 bits per heavy atom. The van der Waals surface area contributed by atoms with E-state index in [0.717, 1.165) is 11.0 Å². The molecule has 1 aromatic heterocycles. The largest absolute Gasteiger partial charge is 0.493 e. The van der Waals surface area contributed by atoms with Crippen LogP contribution in [-0.2, 0) is 6.54 Å². The summed E-state index contributed by atoms with van der Waals surface area (Å²) in [5.41, 5.74) is 2.64. The second-order valence-corrected chi connectivity index (χ2v) is 7.40. The predicted molar refractivity (Wildman–Crippen MR) is 121 cm³/mol. The lowest BCUT2D eigenvalue weighted by Crippen LogP contribution is -2.29. The number of rotatable bonds is 7. The quantitative estimate of drug-likeness (QED) is 0.458. The van der Waals surface area contributed by atoms with Crippen LogP contribution in [0, 0.1) is 5.82 Å². The second kappa shape index (κ2) is 9.09. The van der Waals surface area contributed by atoms with Crippen molar-refractivity contribution in [3.8, 4) is 11.5 Å². The summed E-state index contributed by atoms with van der Waals surface area (Å²) >= 11 is 0. The Balaban J connectivity index is 1.66. The van der Waals surface area contributed by atoms with Crippen molar-refractivity contribution in [2.75, 3.05) is 14.2 Å². The molecule has 0 aliphatic rings. The van der Waals surface area contributed by atoms with Gasteiger partial charge < -0.3 is 19.4 Å². The van der Waals surface area contributed by atoms with Gasteiger partial charge in [-0.05, 0) is 43.3 Å². The number of ether oxygens (including phenoxy) is 2. The van der Waals surface area contributed by atoms with Gasteiger partial charge in [0.15, 0.2) is 11.5 Å². The molecule has 3 aromatic carbocycles. The Hall–Kier alpha value is -3.87. The van der Waals surface area contributed by atoms with Crippen LogP contribution in [0.3, 0.4) is 0 Å². The molecule has 0 saturated carbocycles. The van der Waals surface area contributed by atoms with Crippen LogP contribution in [0.25, 0.3) is 11.0 Å². The molecule has 0 bridgehead atoms. The summed E-state index contributed by atoms with van der Waals surface area (Å²) in [4.78, 5) is 17.7. The van der Waals surface area contributed by atoms with Gasteiger partial charge >= 0.3 is 0 Å². The Morgan fingerprint density at radius 1 is 1.03 bits per heavy atom. The number of halogens is 1. The summed E-state index contributed by atoms with van der Waals surface area (Å²) in [5, 5.41) is 2.99. The number of amides is 1. The molecule has 0 radical (unpaired) electrons. The van der Waals surface area contributed by atoms with Crippen LogP contribution in [0.1, 0.15) is 34.7 Å². The van der Waals surface area contributed by atoms with Crippen molar-refractivity contribution in [3.05, 3.63) is 89.5 Å². The number of para-hydroxylation sites is 2. The normalized spacial score (nSPS) is 11.9. The molecule has 1 atom stereocenters. The van der Waals surface area contributed by atoms with E-state index in [1.54, 1.807) is 43.5 Å². The van der Waals surface area contributed by atoms with Crippen LogP contribution < -0.4 is 14.8 Å².